The van der Waals surface area contributed by atoms with Crippen molar-refractivity contribution in [2.45, 2.75) is 69.0 Å². The summed E-state index contributed by atoms with van der Waals surface area (Å²) >= 11 is 13.2. The summed E-state index contributed by atoms with van der Waals surface area (Å²) < 4.78 is 35.2. The Balaban J connectivity index is 1.28. The molecule has 0 bridgehead atoms. The van der Waals surface area contributed by atoms with Gasteiger partial charge in [-0.1, -0.05) is 41.4 Å². The molecule has 1 atom stereocenters. The zero-order valence-corrected chi connectivity index (χ0v) is 26.9. The number of piperidine rings is 1. The molecule has 10 nitrogen and oxygen atoms in total. The van der Waals surface area contributed by atoms with E-state index in [4.69, 9.17) is 33.7 Å². The third kappa shape index (κ3) is 6.97. The molecule has 44 heavy (non-hydrogen) atoms. The number of hydrogen-bond acceptors (Lipinski definition) is 7. The number of rotatable bonds is 10. The van der Waals surface area contributed by atoms with Gasteiger partial charge in [-0.3, -0.25) is 9.59 Å². The minimum absolute atomic E-state index is 0.0420. The fourth-order valence-electron chi connectivity index (χ4n) is 5.79. The lowest BCUT2D eigenvalue weighted by atomic mass is 10.0. The maximum atomic E-state index is 13.9. The maximum absolute atomic E-state index is 13.9. The zero-order chi connectivity index (χ0) is 31.4. The van der Waals surface area contributed by atoms with Crippen LogP contribution in [0.25, 0.3) is 10.9 Å². The number of aromatic nitrogens is 1. The van der Waals surface area contributed by atoms with Crippen molar-refractivity contribution in [2.24, 2.45) is 5.73 Å². The van der Waals surface area contributed by atoms with Crippen molar-refractivity contribution in [2.75, 3.05) is 26.2 Å². The van der Waals surface area contributed by atoms with Gasteiger partial charge in [-0.2, -0.15) is 4.31 Å². The fourth-order valence-corrected chi connectivity index (χ4v) is 8.31. The first-order chi connectivity index (χ1) is 21.1. The van der Waals surface area contributed by atoms with Crippen LogP contribution in [-0.4, -0.2) is 72.7 Å². The topological polar surface area (TPSA) is 135 Å². The molecule has 2 aliphatic heterocycles. The number of para-hydroxylation sites is 1. The maximum Gasteiger partial charge on any atom is 0.245 e. The van der Waals surface area contributed by atoms with Crippen molar-refractivity contribution in [1.29, 1.82) is 0 Å². The molecule has 3 N–H and O–H groups in total. The molecule has 13 heteroatoms. The number of benzene rings is 2. The van der Waals surface area contributed by atoms with E-state index in [1.165, 1.54) is 16.4 Å². The Hall–Kier alpha value is -2.96. The highest BCUT2D eigenvalue weighted by molar-refractivity contribution is 7.89. The van der Waals surface area contributed by atoms with Crippen LogP contribution in [0.4, 0.5) is 0 Å². The number of nitrogens with two attached hydrogens (primary N) is 1. The van der Waals surface area contributed by atoms with Gasteiger partial charge in [0, 0.05) is 53.8 Å². The Morgan fingerprint density at radius 3 is 2.59 bits per heavy atom. The van der Waals surface area contributed by atoms with Gasteiger partial charge in [0.25, 0.3) is 0 Å². The highest BCUT2D eigenvalue weighted by atomic mass is 35.5. The summed E-state index contributed by atoms with van der Waals surface area (Å²) in [7, 11) is -4.14. The molecule has 0 radical (unpaired) electrons. The number of hydrogen-bond donors (Lipinski definition) is 2. The molecule has 0 spiro atoms. The summed E-state index contributed by atoms with van der Waals surface area (Å²) in [5, 5.41) is 4.15. The van der Waals surface area contributed by atoms with Crippen LogP contribution in [0.2, 0.25) is 10.0 Å². The number of fused-ring (bicyclic) bond motifs is 1. The van der Waals surface area contributed by atoms with Gasteiger partial charge >= 0.3 is 0 Å². The summed E-state index contributed by atoms with van der Waals surface area (Å²) in [5.41, 5.74) is 7.35. The van der Waals surface area contributed by atoms with Gasteiger partial charge in [-0.25, -0.2) is 13.4 Å². The van der Waals surface area contributed by atoms with Gasteiger partial charge in [0.15, 0.2) is 0 Å². The number of likely N-dealkylation sites (tertiary alicyclic amines) is 1. The van der Waals surface area contributed by atoms with E-state index in [9.17, 15) is 18.0 Å². The van der Waals surface area contributed by atoms with Gasteiger partial charge in [-0.15, -0.1) is 0 Å². The van der Waals surface area contributed by atoms with Crippen molar-refractivity contribution in [1.82, 2.24) is 19.5 Å². The van der Waals surface area contributed by atoms with Gasteiger partial charge in [0.05, 0.1) is 5.02 Å². The molecule has 2 aliphatic rings. The molecule has 236 valence electrons. The fraction of sp³-hybridized carbons (Fsp3) is 0.452. The molecular formula is C31H37Cl2N5O5S. The number of aryl methyl sites for hydroxylation is 1. The predicted molar refractivity (Wildman–Crippen MR) is 170 cm³/mol. The summed E-state index contributed by atoms with van der Waals surface area (Å²) in [4.78, 5) is 31.9. The molecule has 2 aromatic carbocycles. The van der Waals surface area contributed by atoms with Crippen LogP contribution in [-0.2, 0) is 26.2 Å². The standard InChI is InChI=1S/C31H37Cl2N5O5S/c1-20-9-10-21-5-2-7-26(30(21)35-20)43-19-23-24(32)11-12-27(29(23)33)44(41,42)38-16-4-6-25(38)31(40)36-22-13-17-37(18-14-22)28(39)8-3-15-34/h2,5,7,9-12,22,25H,3-4,6,8,13-19,34H2,1H3,(H,36,40)/t25-/m0/s1. The molecule has 3 aromatic rings. The molecule has 3 heterocycles. The molecular weight excluding hydrogens is 625 g/mol. The Morgan fingerprint density at radius 2 is 1.84 bits per heavy atom. The minimum atomic E-state index is -4.14. The van der Waals surface area contributed by atoms with E-state index >= 15 is 0 Å². The molecule has 2 amide bonds. The number of nitrogens with zero attached hydrogens (tertiary/aromatic N) is 3. The second-order valence-electron chi connectivity index (χ2n) is 11.2. The molecule has 0 saturated carbocycles. The summed E-state index contributed by atoms with van der Waals surface area (Å²) in [6.45, 7) is 3.56. The van der Waals surface area contributed by atoms with E-state index in [0.29, 0.717) is 75.0 Å². The Labute approximate surface area is 267 Å². The van der Waals surface area contributed by atoms with Gasteiger partial charge in [0.2, 0.25) is 21.8 Å². The first-order valence-electron chi connectivity index (χ1n) is 14.9. The van der Waals surface area contributed by atoms with Crippen LogP contribution < -0.4 is 15.8 Å². The number of ether oxygens (including phenoxy) is 1. The van der Waals surface area contributed by atoms with E-state index < -0.39 is 16.1 Å². The van der Waals surface area contributed by atoms with Crippen LogP contribution in [0.3, 0.4) is 0 Å². The summed E-state index contributed by atoms with van der Waals surface area (Å²) in [6, 6.07) is 11.3. The molecule has 1 aromatic heterocycles. The van der Waals surface area contributed by atoms with Gasteiger partial charge in [0.1, 0.15) is 28.8 Å². The Kier molecular flexibility index (Phi) is 10.3. The first kappa shape index (κ1) is 32.4. The predicted octanol–water partition coefficient (Wildman–Crippen LogP) is 4.43. The largest absolute Gasteiger partial charge is 0.487 e. The van der Waals surface area contributed by atoms with Crippen LogP contribution in [0.15, 0.2) is 47.4 Å². The number of pyridine rings is 1. The Morgan fingerprint density at radius 1 is 1.07 bits per heavy atom. The van der Waals surface area contributed by atoms with Crippen molar-refractivity contribution < 1.29 is 22.7 Å². The second-order valence-corrected chi connectivity index (χ2v) is 13.9. The van der Waals surface area contributed by atoms with E-state index in [1.807, 2.05) is 31.2 Å². The minimum Gasteiger partial charge on any atom is -0.487 e. The average Bonchev–Trinajstić information content (AvgIpc) is 3.52. The van der Waals surface area contributed by atoms with Crippen LogP contribution in [0.5, 0.6) is 5.75 Å². The lowest BCUT2D eigenvalue weighted by molar-refractivity contribution is -0.132. The summed E-state index contributed by atoms with van der Waals surface area (Å²) in [5.74, 6) is 0.252. The molecule has 0 aliphatic carbocycles. The van der Waals surface area contributed by atoms with Gasteiger partial charge in [-0.05, 0) is 69.8 Å². The van der Waals surface area contributed by atoms with Crippen LogP contribution in [0, 0.1) is 6.92 Å². The third-order valence-electron chi connectivity index (χ3n) is 8.23. The lowest BCUT2D eigenvalue weighted by Crippen LogP contribution is -2.52. The number of amides is 2. The average molecular weight is 663 g/mol. The zero-order valence-electron chi connectivity index (χ0n) is 24.6. The number of carbonyl (C=O) groups is 2. The molecule has 2 fully saturated rings. The van der Waals surface area contributed by atoms with Crippen molar-refractivity contribution in [3.63, 3.8) is 0 Å². The molecule has 5 rings (SSSR count). The van der Waals surface area contributed by atoms with Gasteiger partial charge < -0.3 is 20.7 Å². The van der Waals surface area contributed by atoms with Crippen LogP contribution >= 0.6 is 23.2 Å². The van der Waals surface area contributed by atoms with Crippen molar-refractivity contribution in [3.8, 4) is 5.75 Å². The van der Waals surface area contributed by atoms with Crippen LogP contribution in [0.1, 0.15) is 49.8 Å². The SMILES string of the molecule is Cc1ccc2cccc(OCc3c(Cl)ccc(S(=O)(=O)N4CCC[C@H]4C(=O)NC4CCN(C(=O)CCCN)CC4)c3Cl)c2n1. The molecule has 0 unspecified atom stereocenters. The van der Waals surface area contributed by atoms with E-state index in [-0.39, 0.29) is 45.9 Å². The second kappa shape index (κ2) is 14.0. The smallest absolute Gasteiger partial charge is 0.245 e. The van der Waals surface area contributed by atoms with E-state index in [0.717, 1.165) is 11.1 Å². The van der Waals surface area contributed by atoms with E-state index in [2.05, 4.69) is 10.3 Å². The number of halogens is 2. The number of sulfonamides is 1. The number of nitrogens with one attached hydrogen (secondary N) is 1. The highest BCUT2D eigenvalue weighted by Crippen LogP contribution is 2.36. The number of carbonyl (C=O) groups excluding carboxylic acids is 2. The third-order valence-corrected chi connectivity index (χ3v) is 11.1. The normalized spacial score (nSPS) is 18.1. The monoisotopic (exact) mass is 661 g/mol. The molecule has 2 saturated heterocycles. The van der Waals surface area contributed by atoms with E-state index in [1.54, 1.807) is 11.0 Å². The van der Waals surface area contributed by atoms with Crippen molar-refractivity contribution in [3.05, 3.63) is 63.8 Å². The lowest BCUT2D eigenvalue weighted by Gasteiger charge is -2.33. The first-order valence-corrected chi connectivity index (χ1v) is 17.1. The quantitative estimate of drug-likeness (QED) is 0.328. The van der Waals surface area contributed by atoms with Crippen molar-refractivity contribution >= 4 is 55.9 Å². The summed E-state index contributed by atoms with van der Waals surface area (Å²) in [6.07, 6.45) is 3.23. The highest BCUT2D eigenvalue weighted by Gasteiger charge is 2.41. The Bertz CT molecular complexity index is 1650.